The lowest BCUT2D eigenvalue weighted by Gasteiger charge is -2.12. The summed E-state index contributed by atoms with van der Waals surface area (Å²) in [5, 5.41) is 0. The Kier molecular flexibility index (Phi) is 4.47. The van der Waals surface area contributed by atoms with Crippen LogP contribution in [-0.2, 0) is 6.42 Å². The van der Waals surface area contributed by atoms with Gasteiger partial charge in [-0.15, -0.1) is 0 Å². The maximum Gasteiger partial charge on any atom is 0.262 e. The van der Waals surface area contributed by atoms with E-state index in [1.54, 1.807) is 4.40 Å². The molecule has 0 N–H and O–H groups in total. The van der Waals surface area contributed by atoms with Crippen LogP contribution in [0.1, 0.15) is 23.6 Å². The number of nitrogens with zero attached hydrogens (tertiary/aromatic N) is 1. The van der Waals surface area contributed by atoms with Crippen molar-refractivity contribution in [3.05, 3.63) is 119 Å². The third-order valence-corrected chi connectivity index (χ3v) is 4.87. The third kappa shape index (κ3) is 3.34. The molecule has 0 bridgehead atoms. The molecule has 2 nitrogen and oxygen atoms in total. The van der Waals surface area contributed by atoms with Crippen molar-refractivity contribution in [3.63, 3.8) is 0 Å². The van der Waals surface area contributed by atoms with Crippen LogP contribution in [0, 0.1) is 0 Å². The van der Waals surface area contributed by atoms with Crippen LogP contribution in [0.15, 0.2) is 96.4 Å². The van der Waals surface area contributed by atoms with Crippen LogP contribution in [0.3, 0.4) is 0 Å². The highest BCUT2D eigenvalue weighted by molar-refractivity contribution is 5.67. The molecule has 0 saturated carbocycles. The minimum absolute atomic E-state index is 0.0127. The summed E-state index contributed by atoms with van der Waals surface area (Å²) in [7, 11) is 0. The predicted octanol–water partition coefficient (Wildman–Crippen LogP) is 5.59. The van der Waals surface area contributed by atoms with Gasteiger partial charge in [0, 0.05) is 11.8 Å². The summed E-state index contributed by atoms with van der Waals surface area (Å²) >= 11 is 0. The second-order valence-corrected chi connectivity index (χ2v) is 6.86. The van der Waals surface area contributed by atoms with Crippen LogP contribution in [0.4, 0.5) is 0 Å². The van der Waals surface area contributed by atoms with E-state index in [1.165, 1.54) is 16.7 Å². The summed E-state index contributed by atoms with van der Waals surface area (Å²) < 4.78 is 1.72. The highest BCUT2D eigenvalue weighted by Crippen LogP contribution is 2.22. The highest BCUT2D eigenvalue weighted by atomic mass is 16.1. The molecule has 0 aliphatic heterocycles. The molecular formula is C25H21NO. The molecule has 0 aliphatic rings. The van der Waals surface area contributed by atoms with Crippen LogP contribution in [-0.4, -0.2) is 4.40 Å². The molecule has 0 unspecified atom stereocenters. The number of hydrogen-bond donors (Lipinski definition) is 0. The van der Waals surface area contributed by atoms with Gasteiger partial charge in [0.2, 0.25) is 0 Å². The van der Waals surface area contributed by atoms with Crippen molar-refractivity contribution >= 4 is 11.1 Å². The van der Waals surface area contributed by atoms with E-state index in [-0.39, 0.29) is 5.56 Å². The maximum absolute atomic E-state index is 12.7. The van der Waals surface area contributed by atoms with Gasteiger partial charge in [0.1, 0.15) is 0 Å². The lowest BCUT2D eigenvalue weighted by molar-refractivity contribution is 1.05. The van der Waals surface area contributed by atoms with Crippen molar-refractivity contribution in [1.82, 2.24) is 4.40 Å². The number of hydrogen-bond acceptors (Lipinski definition) is 1. The normalized spacial score (nSPS) is 10.9. The largest absolute Gasteiger partial charge is 0.284 e. The Hall–Kier alpha value is -3.39. The van der Waals surface area contributed by atoms with Crippen molar-refractivity contribution in [2.75, 3.05) is 0 Å². The number of fused-ring (bicyclic) bond motifs is 1. The molecule has 2 aromatic carbocycles. The van der Waals surface area contributed by atoms with E-state index in [4.69, 9.17) is 0 Å². The number of benzene rings is 2. The van der Waals surface area contributed by atoms with Gasteiger partial charge in [-0.1, -0.05) is 67.2 Å². The molecule has 27 heavy (non-hydrogen) atoms. The zero-order valence-corrected chi connectivity index (χ0v) is 15.4. The smallest absolute Gasteiger partial charge is 0.262 e. The summed E-state index contributed by atoms with van der Waals surface area (Å²) in [6.45, 7) is 5.85. The van der Waals surface area contributed by atoms with Crippen molar-refractivity contribution in [3.8, 4) is 11.1 Å². The molecule has 2 heteroatoms. The van der Waals surface area contributed by atoms with E-state index in [1.807, 2.05) is 43.5 Å². The molecule has 0 spiro atoms. The molecule has 0 fully saturated rings. The minimum Gasteiger partial charge on any atom is -0.284 e. The van der Waals surface area contributed by atoms with Crippen LogP contribution in [0.5, 0.6) is 0 Å². The SMILES string of the molecule is C=C(C)c1cc(Cc2ccc(-c3ccccc3)cc2)c2ccccn2c1=O. The number of allylic oxidation sites excluding steroid dienone is 1. The molecule has 2 heterocycles. The van der Waals surface area contributed by atoms with Crippen molar-refractivity contribution in [1.29, 1.82) is 0 Å². The van der Waals surface area contributed by atoms with Crippen LogP contribution < -0.4 is 5.56 Å². The predicted molar refractivity (Wildman–Crippen MR) is 113 cm³/mol. The van der Waals surface area contributed by atoms with Gasteiger partial charge in [0.15, 0.2) is 0 Å². The van der Waals surface area contributed by atoms with Gasteiger partial charge in [-0.2, -0.15) is 0 Å². The maximum atomic E-state index is 12.7. The molecule has 0 aliphatic carbocycles. The summed E-state index contributed by atoms with van der Waals surface area (Å²) in [5.74, 6) is 0. The molecule has 0 amide bonds. The standard InChI is InChI=1S/C25H21NO/c1-18(2)23-17-22(24-10-6-7-15-26(24)25(23)27)16-19-11-13-21(14-12-19)20-8-4-3-5-9-20/h3-15,17H,1,16H2,2H3. The average Bonchev–Trinajstić information content (AvgIpc) is 2.71. The summed E-state index contributed by atoms with van der Waals surface area (Å²) in [6, 6.07) is 26.8. The molecular weight excluding hydrogens is 330 g/mol. The second kappa shape index (κ2) is 7.08. The van der Waals surface area contributed by atoms with Gasteiger partial charge in [-0.25, -0.2) is 0 Å². The van der Waals surface area contributed by atoms with Gasteiger partial charge in [-0.3, -0.25) is 9.20 Å². The Labute approximate surface area is 159 Å². The molecule has 0 saturated heterocycles. The first-order chi connectivity index (χ1) is 13.1. The quantitative estimate of drug-likeness (QED) is 0.469. The van der Waals surface area contributed by atoms with Gasteiger partial charge in [-0.05, 0) is 59.4 Å². The number of aromatic nitrogens is 1. The summed E-state index contributed by atoms with van der Waals surface area (Å²) in [6.07, 6.45) is 2.59. The van der Waals surface area contributed by atoms with Gasteiger partial charge in [0.05, 0.1) is 5.52 Å². The average molecular weight is 351 g/mol. The zero-order chi connectivity index (χ0) is 18.8. The minimum atomic E-state index is -0.0127. The lowest BCUT2D eigenvalue weighted by Crippen LogP contribution is -2.18. The van der Waals surface area contributed by atoms with E-state index < -0.39 is 0 Å². The fourth-order valence-electron chi connectivity index (χ4n) is 3.43. The summed E-state index contributed by atoms with van der Waals surface area (Å²) in [4.78, 5) is 12.7. The molecule has 4 rings (SSSR count). The molecule has 132 valence electrons. The van der Waals surface area contributed by atoms with Crippen molar-refractivity contribution < 1.29 is 0 Å². The van der Waals surface area contributed by atoms with Gasteiger partial charge >= 0.3 is 0 Å². The van der Waals surface area contributed by atoms with E-state index >= 15 is 0 Å². The fourth-order valence-corrected chi connectivity index (χ4v) is 3.43. The highest BCUT2D eigenvalue weighted by Gasteiger charge is 2.10. The Morgan fingerprint density at radius 3 is 2.26 bits per heavy atom. The van der Waals surface area contributed by atoms with Crippen LogP contribution in [0.2, 0.25) is 0 Å². The van der Waals surface area contributed by atoms with Crippen LogP contribution >= 0.6 is 0 Å². The van der Waals surface area contributed by atoms with E-state index in [0.717, 1.165) is 23.1 Å². The Morgan fingerprint density at radius 1 is 0.889 bits per heavy atom. The summed E-state index contributed by atoms with van der Waals surface area (Å²) in [5.41, 5.74) is 7.16. The monoisotopic (exact) mass is 351 g/mol. The zero-order valence-electron chi connectivity index (χ0n) is 15.4. The number of rotatable bonds is 4. The van der Waals surface area contributed by atoms with Crippen molar-refractivity contribution in [2.24, 2.45) is 0 Å². The first-order valence-corrected chi connectivity index (χ1v) is 9.07. The van der Waals surface area contributed by atoms with Crippen molar-refractivity contribution in [2.45, 2.75) is 13.3 Å². The molecule has 0 atom stereocenters. The first kappa shape index (κ1) is 17.0. The van der Waals surface area contributed by atoms with Crippen LogP contribution in [0.25, 0.3) is 22.2 Å². The lowest BCUT2D eigenvalue weighted by atomic mass is 9.98. The number of pyridine rings is 2. The fraction of sp³-hybridized carbons (Fsp3) is 0.0800. The molecule has 4 aromatic rings. The topological polar surface area (TPSA) is 21.5 Å². The second-order valence-electron chi connectivity index (χ2n) is 6.86. The van der Waals surface area contributed by atoms with Gasteiger partial charge in [0.25, 0.3) is 5.56 Å². The third-order valence-electron chi connectivity index (χ3n) is 4.87. The van der Waals surface area contributed by atoms with E-state index in [2.05, 4.69) is 55.1 Å². The van der Waals surface area contributed by atoms with E-state index in [0.29, 0.717) is 5.56 Å². The first-order valence-electron chi connectivity index (χ1n) is 9.07. The van der Waals surface area contributed by atoms with E-state index in [9.17, 15) is 4.79 Å². The Balaban J connectivity index is 1.74. The molecule has 2 aromatic heterocycles. The van der Waals surface area contributed by atoms with Gasteiger partial charge < -0.3 is 0 Å². The molecule has 0 radical (unpaired) electrons. The Bertz CT molecular complexity index is 1170. The Morgan fingerprint density at radius 2 is 1.56 bits per heavy atom.